The third kappa shape index (κ3) is 4.63. The predicted molar refractivity (Wildman–Crippen MR) is 102 cm³/mol. The van der Waals surface area contributed by atoms with Crippen molar-refractivity contribution < 1.29 is 23.7 Å². The van der Waals surface area contributed by atoms with Crippen LogP contribution in [0.4, 0.5) is 5.69 Å². The first-order valence-corrected chi connectivity index (χ1v) is 9.16. The molecule has 0 unspecified atom stereocenters. The summed E-state index contributed by atoms with van der Waals surface area (Å²) in [6.45, 7) is 1.41. The molecular weight excluding hydrogens is 384 g/mol. The smallest absolute Gasteiger partial charge is 0.374 e. The van der Waals surface area contributed by atoms with E-state index in [2.05, 4.69) is 5.32 Å². The molecule has 0 aliphatic rings. The van der Waals surface area contributed by atoms with Crippen LogP contribution in [-0.4, -0.2) is 23.4 Å². The van der Waals surface area contributed by atoms with Gasteiger partial charge in [0.25, 0.3) is 11.6 Å². The van der Waals surface area contributed by atoms with E-state index in [1.54, 1.807) is 6.07 Å². The van der Waals surface area contributed by atoms with Crippen molar-refractivity contribution in [2.24, 2.45) is 0 Å². The van der Waals surface area contributed by atoms with Gasteiger partial charge in [-0.15, -0.1) is 11.3 Å². The molecule has 0 aliphatic carbocycles. The molecule has 0 fully saturated rings. The molecule has 28 heavy (non-hydrogen) atoms. The Labute approximate surface area is 163 Å². The summed E-state index contributed by atoms with van der Waals surface area (Å²) in [5.41, 5.74) is 0.532. The zero-order chi connectivity index (χ0) is 20.1. The van der Waals surface area contributed by atoms with Crippen LogP contribution in [0, 0.1) is 10.1 Å². The molecule has 2 aromatic heterocycles. The lowest BCUT2D eigenvalue weighted by Gasteiger charge is -2.11. The largest absolute Gasteiger partial charge is 0.450 e. The number of rotatable bonds is 7. The summed E-state index contributed by atoms with van der Waals surface area (Å²) in [5, 5.41) is 15.3. The minimum atomic E-state index is -0.771. The van der Waals surface area contributed by atoms with Crippen molar-refractivity contribution in [2.45, 2.75) is 13.0 Å². The highest BCUT2D eigenvalue weighted by molar-refractivity contribution is 7.10. The number of nitro groups is 1. The maximum Gasteiger partial charge on any atom is 0.374 e. The number of hydrogen-bond acceptors (Lipinski definition) is 7. The molecule has 8 nitrogen and oxygen atoms in total. The Morgan fingerprint density at radius 2 is 1.96 bits per heavy atom. The number of furan rings is 1. The number of thiophene rings is 1. The summed E-state index contributed by atoms with van der Waals surface area (Å²) in [6.07, 6.45) is 0. The minimum absolute atomic E-state index is 0.0438. The highest BCUT2D eigenvalue weighted by atomic mass is 32.1. The summed E-state index contributed by atoms with van der Waals surface area (Å²) in [6, 6.07) is 12.3. The molecule has 1 amide bonds. The molecule has 2 heterocycles. The highest BCUT2D eigenvalue weighted by Crippen LogP contribution is 2.25. The Morgan fingerprint density at radius 1 is 1.21 bits per heavy atom. The van der Waals surface area contributed by atoms with Gasteiger partial charge in [-0.1, -0.05) is 6.07 Å². The molecule has 9 heteroatoms. The van der Waals surface area contributed by atoms with Gasteiger partial charge in [-0.25, -0.2) is 4.79 Å². The number of esters is 1. The second kappa shape index (κ2) is 8.49. The van der Waals surface area contributed by atoms with E-state index in [1.165, 1.54) is 41.7 Å². The lowest BCUT2D eigenvalue weighted by atomic mass is 10.1. The van der Waals surface area contributed by atoms with Crippen LogP contribution in [-0.2, 0) is 9.53 Å². The lowest BCUT2D eigenvalue weighted by Crippen LogP contribution is -2.30. The monoisotopic (exact) mass is 400 g/mol. The predicted octanol–water partition coefficient (Wildman–Crippen LogP) is 3.95. The number of nitro benzene ring substituents is 1. The van der Waals surface area contributed by atoms with Crippen LogP contribution in [0.5, 0.6) is 0 Å². The summed E-state index contributed by atoms with van der Waals surface area (Å²) in [5.74, 6) is -0.895. The van der Waals surface area contributed by atoms with E-state index in [-0.39, 0.29) is 17.5 Å². The van der Waals surface area contributed by atoms with Gasteiger partial charge in [-0.2, -0.15) is 0 Å². The molecule has 3 rings (SSSR count). The zero-order valence-corrected chi connectivity index (χ0v) is 15.6. The van der Waals surface area contributed by atoms with E-state index < -0.39 is 23.4 Å². The van der Waals surface area contributed by atoms with E-state index in [9.17, 15) is 19.7 Å². The fourth-order valence-electron chi connectivity index (χ4n) is 2.44. The van der Waals surface area contributed by atoms with Crippen LogP contribution in [0.3, 0.4) is 0 Å². The number of nitrogens with one attached hydrogen (secondary N) is 1. The number of carbonyl (C=O) groups excluding carboxylic acids is 2. The Kier molecular flexibility index (Phi) is 5.85. The lowest BCUT2D eigenvalue weighted by molar-refractivity contribution is -0.384. The zero-order valence-electron chi connectivity index (χ0n) is 14.8. The van der Waals surface area contributed by atoms with Crippen LogP contribution in [0.25, 0.3) is 11.3 Å². The molecular formula is C19H16N2O6S. The summed E-state index contributed by atoms with van der Waals surface area (Å²) < 4.78 is 10.4. The number of non-ortho nitro benzene ring substituents is 1. The van der Waals surface area contributed by atoms with Crippen molar-refractivity contribution in [3.63, 3.8) is 0 Å². The van der Waals surface area contributed by atoms with E-state index in [4.69, 9.17) is 9.15 Å². The fraction of sp³-hybridized carbons (Fsp3) is 0.158. The SMILES string of the molecule is C[C@H](NC(=O)COC(=O)c1ccc(-c2ccc([N+](=O)[O-])cc2)o1)c1cccs1. The quantitative estimate of drug-likeness (QED) is 0.365. The Balaban J connectivity index is 1.55. The van der Waals surface area contributed by atoms with Crippen LogP contribution in [0.2, 0.25) is 0 Å². The highest BCUT2D eigenvalue weighted by Gasteiger charge is 2.17. The fourth-order valence-corrected chi connectivity index (χ4v) is 3.18. The van der Waals surface area contributed by atoms with Gasteiger partial charge in [0.15, 0.2) is 6.61 Å². The maximum atomic E-state index is 12.1. The third-order valence-corrected chi connectivity index (χ3v) is 4.91. The molecule has 0 saturated carbocycles. The van der Waals surface area contributed by atoms with E-state index in [0.29, 0.717) is 11.3 Å². The first-order chi connectivity index (χ1) is 13.4. The number of carbonyl (C=O) groups is 2. The van der Waals surface area contributed by atoms with Gasteiger partial charge in [0.05, 0.1) is 11.0 Å². The number of ether oxygens (including phenoxy) is 1. The van der Waals surface area contributed by atoms with E-state index in [0.717, 1.165) is 4.88 Å². The minimum Gasteiger partial charge on any atom is -0.450 e. The Morgan fingerprint density at radius 3 is 2.61 bits per heavy atom. The third-order valence-electron chi connectivity index (χ3n) is 3.85. The van der Waals surface area contributed by atoms with Crippen molar-refractivity contribution in [3.05, 3.63) is 74.7 Å². The number of benzene rings is 1. The standard InChI is InChI=1S/C19H16N2O6S/c1-12(17-3-2-10-28-17)20-18(22)11-26-19(23)16-9-8-15(27-16)13-4-6-14(7-5-13)21(24)25/h2-10,12H,11H2,1H3,(H,20,22)/t12-/m0/s1. The number of hydrogen-bond donors (Lipinski definition) is 1. The van der Waals surface area contributed by atoms with Crippen molar-refractivity contribution in [1.29, 1.82) is 0 Å². The van der Waals surface area contributed by atoms with Gasteiger partial charge in [0.2, 0.25) is 5.76 Å². The van der Waals surface area contributed by atoms with Crippen molar-refractivity contribution in [3.8, 4) is 11.3 Å². The second-order valence-corrected chi connectivity index (χ2v) is 6.83. The average molecular weight is 400 g/mol. The summed E-state index contributed by atoms with van der Waals surface area (Å²) in [7, 11) is 0. The molecule has 0 spiro atoms. The molecule has 3 aromatic rings. The Hall–Kier alpha value is -3.46. The average Bonchev–Trinajstić information content (AvgIpc) is 3.38. The topological polar surface area (TPSA) is 112 Å². The molecule has 0 aliphatic heterocycles. The number of nitrogens with zero attached hydrogens (tertiary/aromatic N) is 1. The number of amides is 1. The van der Waals surface area contributed by atoms with Crippen LogP contribution >= 0.6 is 11.3 Å². The van der Waals surface area contributed by atoms with Gasteiger partial charge in [-0.05, 0) is 42.6 Å². The van der Waals surface area contributed by atoms with Gasteiger partial charge in [0, 0.05) is 22.6 Å². The van der Waals surface area contributed by atoms with Crippen molar-refractivity contribution in [1.82, 2.24) is 5.32 Å². The Bertz CT molecular complexity index is 978. The second-order valence-electron chi connectivity index (χ2n) is 5.85. The van der Waals surface area contributed by atoms with E-state index >= 15 is 0 Å². The van der Waals surface area contributed by atoms with Gasteiger partial charge >= 0.3 is 5.97 Å². The summed E-state index contributed by atoms with van der Waals surface area (Å²) in [4.78, 5) is 35.2. The molecule has 0 radical (unpaired) electrons. The molecule has 0 bridgehead atoms. The van der Waals surface area contributed by atoms with Gasteiger partial charge in [-0.3, -0.25) is 14.9 Å². The van der Waals surface area contributed by atoms with Crippen molar-refractivity contribution >= 4 is 28.9 Å². The molecule has 144 valence electrons. The van der Waals surface area contributed by atoms with Crippen LogP contribution in [0.1, 0.15) is 28.4 Å². The normalized spacial score (nSPS) is 11.6. The van der Waals surface area contributed by atoms with E-state index in [1.807, 2.05) is 24.4 Å². The molecule has 1 atom stereocenters. The van der Waals surface area contributed by atoms with Gasteiger partial charge < -0.3 is 14.5 Å². The first-order valence-electron chi connectivity index (χ1n) is 8.28. The van der Waals surface area contributed by atoms with Crippen molar-refractivity contribution in [2.75, 3.05) is 6.61 Å². The maximum absolute atomic E-state index is 12.1. The molecule has 0 saturated heterocycles. The van der Waals surface area contributed by atoms with Gasteiger partial charge in [0.1, 0.15) is 5.76 Å². The van der Waals surface area contributed by atoms with Crippen LogP contribution in [0.15, 0.2) is 58.3 Å². The van der Waals surface area contributed by atoms with Crippen LogP contribution < -0.4 is 5.32 Å². The molecule has 1 N–H and O–H groups in total. The first kappa shape index (κ1) is 19.3. The molecule has 1 aromatic carbocycles. The summed E-state index contributed by atoms with van der Waals surface area (Å²) >= 11 is 1.52.